The molecule has 1 N–H and O–H groups in total. The molecule has 0 aliphatic carbocycles. The molecular formula is C18H23N3O3. The summed E-state index contributed by atoms with van der Waals surface area (Å²) in [5, 5.41) is 6.87. The van der Waals surface area contributed by atoms with Crippen LogP contribution in [0.3, 0.4) is 0 Å². The molecular weight excluding hydrogens is 306 g/mol. The number of carbonyl (C=O) groups is 1. The van der Waals surface area contributed by atoms with Crippen LogP contribution in [0, 0.1) is 13.8 Å². The number of aromatic nitrogens is 1. The zero-order chi connectivity index (χ0) is 17.2. The van der Waals surface area contributed by atoms with Gasteiger partial charge in [-0.3, -0.25) is 0 Å². The summed E-state index contributed by atoms with van der Waals surface area (Å²) >= 11 is 0. The maximum absolute atomic E-state index is 12.5. The molecule has 24 heavy (non-hydrogen) atoms. The molecule has 6 heteroatoms. The third-order valence-electron chi connectivity index (χ3n) is 4.54. The number of carbonyl (C=O) groups excluding carboxylic acids is 1. The lowest BCUT2D eigenvalue weighted by atomic mass is 9.94. The minimum Gasteiger partial charge on any atom is -0.367 e. The lowest BCUT2D eigenvalue weighted by molar-refractivity contribution is -0.0906. The summed E-state index contributed by atoms with van der Waals surface area (Å²) in [6, 6.07) is 9.92. The van der Waals surface area contributed by atoms with Crippen LogP contribution in [0.2, 0.25) is 0 Å². The fourth-order valence-corrected chi connectivity index (χ4v) is 3.04. The number of aryl methyl sites for hydroxylation is 2. The van der Waals surface area contributed by atoms with E-state index >= 15 is 0 Å². The Morgan fingerprint density at radius 3 is 2.75 bits per heavy atom. The number of morpholine rings is 1. The third-order valence-corrected chi connectivity index (χ3v) is 4.54. The molecule has 2 heterocycles. The summed E-state index contributed by atoms with van der Waals surface area (Å²) in [4.78, 5) is 14.3. The monoisotopic (exact) mass is 329 g/mol. The average molecular weight is 329 g/mol. The summed E-state index contributed by atoms with van der Waals surface area (Å²) in [5.41, 5.74) is 2.33. The summed E-state index contributed by atoms with van der Waals surface area (Å²) in [6.07, 6.45) is 0. The molecule has 0 bridgehead atoms. The SMILES string of the molecule is Cc1noc(C)c1CNC(=O)N1CCO[C@](C)(c2ccccc2)C1. The van der Waals surface area contributed by atoms with Crippen molar-refractivity contribution in [3.8, 4) is 0 Å². The Labute approximate surface area is 141 Å². The number of hydrogen-bond acceptors (Lipinski definition) is 4. The molecule has 128 valence electrons. The Bertz CT molecular complexity index is 694. The zero-order valence-electron chi connectivity index (χ0n) is 14.3. The number of benzene rings is 1. The van der Waals surface area contributed by atoms with Crippen LogP contribution in [0.1, 0.15) is 29.5 Å². The second kappa shape index (κ2) is 6.65. The van der Waals surface area contributed by atoms with Crippen molar-refractivity contribution in [3.63, 3.8) is 0 Å². The highest BCUT2D eigenvalue weighted by Crippen LogP contribution is 2.29. The van der Waals surface area contributed by atoms with Crippen LogP contribution in [0.15, 0.2) is 34.9 Å². The van der Waals surface area contributed by atoms with Gasteiger partial charge in [-0.25, -0.2) is 4.79 Å². The standard InChI is InChI=1S/C18H23N3O3/c1-13-16(14(2)24-20-13)11-19-17(22)21-9-10-23-18(3,12-21)15-7-5-4-6-8-15/h4-8H,9-12H2,1-3H3,(H,19,22)/t18-/m0/s1. The summed E-state index contributed by atoms with van der Waals surface area (Å²) < 4.78 is 11.1. The first-order valence-electron chi connectivity index (χ1n) is 8.13. The first-order chi connectivity index (χ1) is 11.5. The van der Waals surface area contributed by atoms with E-state index < -0.39 is 5.60 Å². The van der Waals surface area contributed by atoms with Gasteiger partial charge in [-0.05, 0) is 26.3 Å². The fourth-order valence-electron chi connectivity index (χ4n) is 3.04. The molecule has 6 nitrogen and oxygen atoms in total. The molecule has 0 radical (unpaired) electrons. The lowest BCUT2D eigenvalue weighted by Crippen LogP contribution is -2.53. The first kappa shape index (κ1) is 16.5. The smallest absolute Gasteiger partial charge is 0.317 e. The molecule has 1 aromatic carbocycles. The Morgan fingerprint density at radius 2 is 2.08 bits per heavy atom. The highest BCUT2D eigenvalue weighted by molar-refractivity contribution is 5.74. The van der Waals surface area contributed by atoms with Gasteiger partial charge >= 0.3 is 6.03 Å². The molecule has 3 rings (SSSR count). The number of rotatable bonds is 3. The Morgan fingerprint density at radius 1 is 1.33 bits per heavy atom. The van der Waals surface area contributed by atoms with Crippen molar-refractivity contribution in [2.24, 2.45) is 0 Å². The maximum Gasteiger partial charge on any atom is 0.317 e. The van der Waals surface area contributed by atoms with Crippen LogP contribution in [-0.4, -0.2) is 35.8 Å². The molecule has 1 fully saturated rings. The topological polar surface area (TPSA) is 67.6 Å². The Hall–Kier alpha value is -2.34. The van der Waals surface area contributed by atoms with Gasteiger partial charge in [0.2, 0.25) is 0 Å². The van der Waals surface area contributed by atoms with Crippen molar-refractivity contribution >= 4 is 6.03 Å². The van der Waals surface area contributed by atoms with Gasteiger partial charge in [0.25, 0.3) is 0 Å². The second-order valence-electron chi connectivity index (χ2n) is 6.33. The van der Waals surface area contributed by atoms with Crippen LogP contribution in [0.4, 0.5) is 4.79 Å². The number of nitrogens with one attached hydrogen (secondary N) is 1. The highest BCUT2D eigenvalue weighted by Gasteiger charge is 2.35. The van der Waals surface area contributed by atoms with Crippen LogP contribution in [-0.2, 0) is 16.9 Å². The van der Waals surface area contributed by atoms with E-state index in [1.54, 1.807) is 4.90 Å². The minimum atomic E-state index is -0.486. The van der Waals surface area contributed by atoms with Gasteiger partial charge in [0.15, 0.2) is 0 Å². The van der Waals surface area contributed by atoms with Gasteiger partial charge in [0.05, 0.1) is 18.8 Å². The number of nitrogens with zero attached hydrogens (tertiary/aromatic N) is 2. The van der Waals surface area contributed by atoms with Gasteiger partial charge < -0.3 is 19.5 Å². The first-order valence-corrected chi connectivity index (χ1v) is 8.13. The summed E-state index contributed by atoms with van der Waals surface area (Å²) in [6.45, 7) is 7.78. The number of ether oxygens (including phenoxy) is 1. The maximum atomic E-state index is 12.5. The van der Waals surface area contributed by atoms with Crippen molar-refractivity contribution < 1.29 is 14.1 Å². The number of hydrogen-bond donors (Lipinski definition) is 1. The van der Waals surface area contributed by atoms with Crippen molar-refractivity contribution in [2.75, 3.05) is 19.7 Å². The number of urea groups is 1. The van der Waals surface area contributed by atoms with Crippen molar-refractivity contribution in [2.45, 2.75) is 32.9 Å². The molecule has 0 spiro atoms. The second-order valence-corrected chi connectivity index (χ2v) is 6.33. The van der Waals surface area contributed by atoms with E-state index in [0.29, 0.717) is 26.2 Å². The van der Waals surface area contributed by atoms with Crippen molar-refractivity contribution in [3.05, 3.63) is 52.9 Å². The molecule has 2 amide bonds. The van der Waals surface area contributed by atoms with Crippen molar-refractivity contribution in [1.29, 1.82) is 0 Å². The van der Waals surface area contributed by atoms with Gasteiger partial charge in [-0.1, -0.05) is 35.5 Å². The molecule has 1 aliphatic heterocycles. The van der Waals surface area contributed by atoms with Crippen LogP contribution < -0.4 is 5.32 Å². The van der Waals surface area contributed by atoms with Gasteiger partial charge in [0.1, 0.15) is 11.4 Å². The molecule has 0 saturated carbocycles. The molecule has 2 aromatic rings. The number of amides is 2. The van der Waals surface area contributed by atoms with E-state index in [1.165, 1.54) is 0 Å². The third kappa shape index (κ3) is 3.28. The molecule has 1 atom stereocenters. The average Bonchev–Trinajstić information content (AvgIpc) is 2.92. The van der Waals surface area contributed by atoms with Crippen LogP contribution in [0.25, 0.3) is 0 Å². The molecule has 0 unspecified atom stereocenters. The normalized spacial score (nSPS) is 20.9. The Balaban J connectivity index is 1.65. The van der Waals surface area contributed by atoms with E-state index in [4.69, 9.17) is 9.26 Å². The van der Waals surface area contributed by atoms with Gasteiger partial charge in [-0.15, -0.1) is 0 Å². The zero-order valence-corrected chi connectivity index (χ0v) is 14.3. The van der Waals surface area contributed by atoms with Crippen LogP contribution in [0.5, 0.6) is 0 Å². The van der Waals surface area contributed by atoms with E-state index in [2.05, 4.69) is 10.5 Å². The van der Waals surface area contributed by atoms with E-state index in [1.807, 2.05) is 51.1 Å². The van der Waals surface area contributed by atoms with E-state index in [-0.39, 0.29) is 6.03 Å². The van der Waals surface area contributed by atoms with Gasteiger partial charge in [-0.2, -0.15) is 0 Å². The fraction of sp³-hybridized carbons (Fsp3) is 0.444. The van der Waals surface area contributed by atoms with Crippen LogP contribution >= 0.6 is 0 Å². The molecule has 1 saturated heterocycles. The quantitative estimate of drug-likeness (QED) is 0.940. The van der Waals surface area contributed by atoms with E-state index in [9.17, 15) is 4.79 Å². The lowest BCUT2D eigenvalue weighted by Gasteiger charge is -2.40. The predicted octanol–water partition coefficient (Wildman–Crippen LogP) is 2.75. The Kier molecular flexibility index (Phi) is 4.57. The molecule has 1 aromatic heterocycles. The largest absolute Gasteiger partial charge is 0.367 e. The van der Waals surface area contributed by atoms with Gasteiger partial charge in [0, 0.05) is 18.7 Å². The predicted molar refractivity (Wildman–Crippen MR) is 89.5 cm³/mol. The molecule has 1 aliphatic rings. The van der Waals surface area contributed by atoms with Crippen molar-refractivity contribution in [1.82, 2.24) is 15.4 Å². The van der Waals surface area contributed by atoms with E-state index in [0.717, 1.165) is 22.6 Å². The summed E-state index contributed by atoms with van der Waals surface area (Å²) in [7, 11) is 0. The summed E-state index contributed by atoms with van der Waals surface area (Å²) in [5.74, 6) is 0.740. The minimum absolute atomic E-state index is 0.0968. The highest BCUT2D eigenvalue weighted by atomic mass is 16.5.